The third kappa shape index (κ3) is 2.38. The molecule has 0 spiro atoms. The molecule has 1 aliphatic heterocycles. The Hall–Kier alpha value is -1.06. The van der Waals surface area contributed by atoms with Crippen molar-refractivity contribution < 1.29 is 4.79 Å². The first kappa shape index (κ1) is 13.4. The van der Waals surface area contributed by atoms with Gasteiger partial charge < -0.3 is 10.2 Å². The molecule has 0 radical (unpaired) electrons. The molecule has 0 saturated carbocycles. The molecule has 18 heavy (non-hydrogen) atoms. The monoisotopic (exact) mass is 266 g/mol. The minimum Gasteiger partial charge on any atom is -0.331 e. The second-order valence-corrected chi connectivity index (χ2v) is 5.39. The fourth-order valence-corrected chi connectivity index (χ4v) is 2.69. The average molecular weight is 267 g/mol. The van der Waals surface area contributed by atoms with Crippen LogP contribution in [0.2, 0.25) is 5.02 Å². The van der Waals surface area contributed by atoms with Crippen LogP contribution in [0.15, 0.2) is 18.2 Å². The molecule has 0 bridgehead atoms. The van der Waals surface area contributed by atoms with Crippen molar-refractivity contribution in [3.63, 3.8) is 0 Å². The van der Waals surface area contributed by atoms with Gasteiger partial charge in [0, 0.05) is 35.8 Å². The summed E-state index contributed by atoms with van der Waals surface area (Å²) in [5.74, 6) is 0.0801. The number of piperazine rings is 1. The highest BCUT2D eigenvalue weighted by molar-refractivity contribution is 6.31. The Bertz CT molecular complexity index is 451. The van der Waals surface area contributed by atoms with Gasteiger partial charge in [-0.05, 0) is 38.5 Å². The summed E-state index contributed by atoms with van der Waals surface area (Å²) >= 11 is 6.09. The van der Waals surface area contributed by atoms with Crippen molar-refractivity contribution in [1.82, 2.24) is 10.2 Å². The zero-order valence-corrected chi connectivity index (χ0v) is 11.8. The lowest BCUT2D eigenvalue weighted by Crippen LogP contribution is -2.57. The maximum Gasteiger partial charge on any atom is 0.254 e. The van der Waals surface area contributed by atoms with Crippen LogP contribution in [-0.2, 0) is 0 Å². The van der Waals surface area contributed by atoms with Gasteiger partial charge in [0.2, 0.25) is 0 Å². The summed E-state index contributed by atoms with van der Waals surface area (Å²) in [5, 5.41) is 3.98. The predicted octanol–water partition coefficient (Wildman–Crippen LogP) is 2.47. The van der Waals surface area contributed by atoms with Gasteiger partial charge in [0.05, 0.1) is 0 Å². The van der Waals surface area contributed by atoms with Crippen LogP contribution in [0, 0.1) is 6.92 Å². The third-order valence-corrected chi connectivity index (χ3v) is 3.97. The first-order chi connectivity index (χ1) is 8.52. The van der Waals surface area contributed by atoms with Gasteiger partial charge in [-0.3, -0.25) is 4.79 Å². The predicted molar refractivity (Wildman–Crippen MR) is 74.2 cm³/mol. The molecule has 1 N–H and O–H groups in total. The maximum absolute atomic E-state index is 12.6. The summed E-state index contributed by atoms with van der Waals surface area (Å²) in [7, 11) is 0. The van der Waals surface area contributed by atoms with E-state index in [4.69, 9.17) is 11.6 Å². The molecule has 98 valence electrons. The molecule has 1 aromatic carbocycles. The highest BCUT2D eigenvalue weighted by atomic mass is 35.5. The molecule has 3 nitrogen and oxygen atoms in total. The number of carbonyl (C=O) groups is 1. The SMILES string of the molecule is Cc1c(Cl)cccc1C(=O)N1C(C)CNCC1C. The zero-order chi connectivity index (χ0) is 13.3. The lowest BCUT2D eigenvalue weighted by molar-refractivity contribution is 0.0544. The molecular weight excluding hydrogens is 248 g/mol. The fourth-order valence-electron chi connectivity index (χ4n) is 2.51. The summed E-state index contributed by atoms with van der Waals surface area (Å²) in [6.45, 7) is 7.72. The van der Waals surface area contributed by atoms with Crippen LogP contribution in [0.4, 0.5) is 0 Å². The molecule has 1 amide bonds. The molecule has 0 aromatic heterocycles. The molecule has 2 atom stereocenters. The first-order valence-corrected chi connectivity index (χ1v) is 6.68. The van der Waals surface area contributed by atoms with Gasteiger partial charge >= 0.3 is 0 Å². The van der Waals surface area contributed by atoms with Crippen molar-refractivity contribution in [2.75, 3.05) is 13.1 Å². The number of amides is 1. The summed E-state index contributed by atoms with van der Waals surface area (Å²) < 4.78 is 0. The number of nitrogens with zero attached hydrogens (tertiary/aromatic N) is 1. The highest BCUT2D eigenvalue weighted by Gasteiger charge is 2.30. The van der Waals surface area contributed by atoms with E-state index in [1.807, 2.05) is 30.0 Å². The van der Waals surface area contributed by atoms with Gasteiger partial charge in [-0.2, -0.15) is 0 Å². The van der Waals surface area contributed by atoms with Crippen molar-refractivity contribution in [2.24, 2.45) is 0 Å². The van der Waals surface area contributed by atoms with Gasteiger partial charge in [-0.15, -0.1) is 0 Å². The average Bonchev–Trinajstić information content (AvgIpc) is 2.32. The van der Waals surface area contributed by atoms with Crippen LogP contribution in [-0.4, -0.2) is 36.0 Å². The first-order valence-electron chi connectivity index (χ1n) is 6.31. The van der Waals surface area contributed by atoms with E-state index in [9.17, 15) is 4.79 Å². The Morgan fingerprint density at radius 2 is 1.94 bits per heavy atom. The van der Waals surface area contributed by atoms with Crippen molar-refractivity contribution >= 4 is 17.5 Å². The van der Waals surface area contributed by atoms with E-state index in [2.05, 4.69) is 19.2 Å². The Kier molecular flexibility index (Phi) is 3.93. The fraction of sp³-hybridized carbons (Fsp3) is 0.500. The molecule has 1 heterocycles. The van der Waals surface area contributed by atoms with Crippen LogP contribution in [0.25, 0.3) is 0 Å². The number of nitrogens with one attached hydrogen (secondary N) is 1. The molecule has 1 fully saturated rings. The van der Waals surface area contributed by atoms with Crippen LogP contribution >= 0.6 is 11.6 Å². The number of carbonyl (C=O) groups excluding carboxylic acids is 1. The van der Waals surface area contributed by atoms with Gasteiger partial charge in [0.25, 0.3) is 5.91 Å². The van der Waals surface area contributed by atoms with E-state index in [1.54, 1.807) is 0 Å². The standard InChI is InChI=1S/C14H19ClN2O/c1-9-7-16-8-10(2)17(9)14(18)12-5-4-6-13(15)11(12)3/h4-6,9-10,16H,7-8H2,1-3H3. The number of halogens is 1. The van der Waals surface area contributed by atoms with Crippen molar-refractivity contribution in [3.05, 3.63) is 34.3 Å². The van der Waals surface area contributed by atoms with E-state index >= 15 is 0 Å². The summed E-state index contributed by atoms with van der Waals surface area (Å²) in [5.41, 5.74) is 1.57. The summed E-state index contributed by atoms with van der Waals surface area (Å²) in [6, 6.07) is 5.92. The summed E-state index contributed by atoms with van der Waals surface area (Å²) in [4.78, 5) is 14.6. The van der Waals surface area contributed by atoms with Gasteiger partial charge in [-0.1, -0.05) is 17.7 Å². The minimum atomic E-state index is 0.0801. The van der Waals surface area contributed by atoms with Crippen LogP contribution in [0.1, 0.15) is 29.8 Å². The van der Waals surface area contributed by atoms with Crippen LogP contribution in [0.5, 0.6) is 0 Å². The summed E-state index contributed by atoms with van der Waals surface area (Å²) in [6.07, 6.45) is 0. The Morgan fingerprint density at radius 3 is 2.56 bits per heavy atom. The van der Waals surface area contributed by atoms with Crippen LogP contribution < -0.4 is 5.32 Å². The number of rotatable bonds is 1. The van der Waals surface area contributed by atoms with Crippen molar-refractivity contribution in [1.29, 1.82) is 0 Å². The largest absolute Gasteiger partial charge is 0.331 e. The minimum absolute atomic E-state index is 0.0801. The number of benzene rings is 1. The zero-order valence-electron chi connectivity index (χ0n) is 11.0. The molecule has 2 unspecified atom stereocenters. The molecule has 4 heteroatoms. The maximum atomic E-state index is 12.6. The van der Waals surface area contributed by atoms with E-state index in [0.717, 1.165) is 18.7 Å². The third-order valence-electron chi connectivity index (χ3n) is 3.56. The smallest absolute Gasteiger partial charge is 0.254 e. The molecule has 2 rings (SSSR count). The normalized spacial score (nSPS) is 24.1. The van der Waals surface area contributed by atoms with Crippen molar-refractivity contribution in [2.45, 2.75) is 32.9 Å². The topological polar surface area (TPSA) is 32.3 Å². The van der Waals surface area contributed by atoms with Crippen molar-refractivity contribution in [3.8, 4) is 0 Å². The van der Waals surface area contributed by atoms with Gasteiger partial charge in [0.15, 0.2) is 0 Å². The molecular formula is C14H19ClN2O. The number of hydrogen-bond donors (Lipinski definition) is 1. The Morgan fingerprint density at radius 1 is 1.33 bits per heavy atom. The Balaban J connectivity index is 2.32. The number of hydrogen-bond acceptors (Lipinski definition) is 2. The lowest BCUT2D eigenvalue weighted by Gasteiger charge is -2.39. The second-order valence-electron chi connectivity index (χ2n) is 4.98. The molecule has 1 aliphatic rings. The second kappa shape index (κ2) is 5.29. The van der Waals surface area contributed by atoms with E-state index in [0.29, 0.717) is 10.6 Å². The highest BCUT2D eigenvalue weighted by Crippen LogP contribution is 2.22. The molecule has 0 aliphatic carbocycles. The van der Waals surface area contributed by atoms with Gasteiger partial charge in [-0.25, -0.2) is 0 Å². The quantitative estimate of drug-likeness (QED) is 0.847. The molecule has 1 saturated heterocycles. The van der Waals surface area contributed by atoms with Gasteiger partial charge in [0.1, 0.15) is 0 Å². The lowest BCUT2D eigenvalue weighted by atomic mass is 10.0. The van der Waals surface area contributed by atoms with Crippen LogP contribution in [0.3, 0.4) is 0 Å². The molecule has 1 aromatic rings. The van der Waals surface area contributed by atoms with E-state index in [-0.39, 0.29) is 18.0 Å². The van der Waals surface area contributed by atoms with E-state index in [1.165, 1.54) is 0 Å². The Labute approximate surface area is 113 Å². The van der Waals surface area contributed by atoms with E-state index < -0.39 is 0 Å².